The molecule has 0 fully saturated rings. The van der Waals surface area contributed by atoms with Crippen LogP contribution in [-0.4, -0.2) is 48.4 Å². The highest BCUT2D eigenvalue weighted by molar-refractivity contribution is 7.71. The quantitative estimate of drug-likeness (QED) is 0.266. The van der Waals surface area contributed by atoms with Crippen LogP contribution in [0.1, 0.15) is 12.5 Å². The predicted octanol–water partition coefficient (Wildman–Crippen LogP) is 3.44. The summed E-state index contributed by atoms with van der Waals surface area (Å²) in [5.41, 5.74) is 1.42. The van der Waals surface area contributed by atoms with Crippen molar-refractivity contribution < 1.29 is 23.7 Å². The van der Waals surface area contributed by atoms with Crippen molar-refractivity contribution in [2.75, 3.05) is 21.3 Å². The third-order valence-corrected chi connectivity index (χ3v) is 4.29. The van der Waals surface area contributed by atoms with Crippen molar-refractivity contribution in [1.29, 1.82) is 0 Å². The lowest BCUT2D eigenvalue weighted by Gasteiger charge is -2.13. The molecule has 30 heavy (non-hydrogen) atoms. The Labute approximate surface area is 177 Å². The number of methoxy groups -OCH3 is 3. The molecule has 0 radical (unpaired) electrons. The van der Waals surface area contributed by atoms with Crippen molar-refractivity contribution in [1.82, 2.24) is 14.9 Å². The van der Waals surface area contributed by atoms with E-state index in [9.17, 15) is 4.79 Å². The summed E-state index contributed by atoms with van der Waals surface area (Å²) in [4.78, 5) is 11.4. The van der Waals surface area contributed by atoms with Crippen LogP contribution in [0.4, 0.5) is 0 Å². The number of carbonyl (C=O) groups excluding carboxylic acids is 1. The summed E-state index contributed by atoms with van der Waals surface area (Å²) in [6, 6.07) is 10.7. The molecule has 2 aromatic carbocycles. The summed E-state index contributed by atoms with van der Waals surface area (Å²) >= 11 is 5.31. The fraction of sp³-hybridized carbons (Fsp3) is 0.200. The van der Waals surface area contributed by atoms with E-state index in [-0.39, 0.29) is 5.75 Å². The van der Waals surface area contributed by atoms with E-state index >= 15 is 0 Å². The predicted molar refractivity (Wildman–Crippen MR) is 113 cm³/mol. The number of aromatic amines is 1. The topological polar surface area (TPSA) is 100.0 Å². The Hall–Kier alpha value is -3.66. The first-order chi connectivity index (χ1) is 14.5. The fourth-order valence-corrected chi connectivity index (χ4v) is 2.87. The third kappa shape index (κ3) is 4.49. The first kappa shape index (κ1) is 21.1. The van der Waals surface area contributed by atoms with E-state index in [0.717, 1.165) is 5.56 Å². The average molecular weight is 428 g/mol. The maximum absolute atomic E-state index is 11.4. The Morgan fingerprint density at radius 2 is 1.83 bits per heavy atom. The lowest BCUT2D eigenvalue weighted by molar-refractivity contribution is -0.132. The van der Waals surface area contributed by atoms with Crippen molar-refractivity contribution in [3.63, 3.8) is 0 Å². The average Bonchev–Trinajstić information content (AvgIpc) is 3.12. The van der Waals surface area contributed by atoms with Crippen molar-refractivity contribution in [3.05, 3.63) is 46.7 Å². The number of benzene rings is 2. The highest BCUT2D eigenvalue weighted by Crippen LogP contribution is 2.38. The molecule has 0 bridgehead atoms. The van der Waals surface area contributed by atoms with E-state index in [0.29, 0.717) is 33.4 Å². The molecular formula is C20H20N4O5S. The van der Waals surface area contributed by atoms with E-state index in [1.807, 2.05) is 24.3 Å². The van der Waals surface area contributed by atoms with Crippen LogP contribution in [0.15, 0.2) is 41.5 Å². The summed E-state index contributed by atoms with van der Waals surface area (Å²) in [5.74, 6) is 1.57. The highest BCUT2D eigenvalue weighted by atomic mass is 32.1. The van der Waals surface area contributed by atoms with Gasteiger partial charge in [-0.1, -0.05) is 12.1 Å². The maximum Gasteiger partial charge on any atom is 0.308 e. The summed E-state index contributed by atoms with van der Waals surface area (Å²) in [6.45, 7) is 1.30. The molecule has 0 saturated heterocycles. The van der Waals surface area contributed by atoms with Crippen molar-refractivity contribution in [3.8, 4) is 34.4 Å². The zero-order valence-electron chi connectivity index (χ0n) is 16.8. The molecule has 0 amide bonds. The Balaban J connectivity index is 2.01. The largest absolute Gasteiger partial charge is 0.497 e. The summed E-state index contributed by atoms with van der Waals surface area (Å²) in [7, 11) is 4.53. The number of ether oxygens (including phenoxy) is 4. The normalized spacial score (nSPS) is 10.8. The Morgan fingerprint density at radius 1 is 1.13 bits per heavy atom. The smallest absolute Gasteiger partial charge is 0.308 e. The number of aromatic nitrogens is 3. The van der Waals surface area contributed by atoms with Crippen LogP contribution in [0.5, 0.6) is 23.0 Å². The number of rotatable bonds is 7. The molecule has 1 heterocycles. The zero-order chi connectivity index (χ0) is 21.7. The van der Waals surface area contributed by atoms with Gasteiger partial charge in [0.2, 0.25) is 10.5 Å². The summed E-state index contributed by atoms with van der Waals surface area (Å²) in [6.07, 6.45) is 1.57. The third-order valence-electron chi connectivity index (χ3n) is 4.03. The van der Waals surface area contributed by atoms with Gasteiger partial charge in [0.15, 0.2) is 17.3 Å². The number of esters is 1. The van der Waals surface area contributed by atoms with Gasteiger partial charge in [-0.05, 0) is 36.5 Å². The van der Waals surface area contributed by atoms with Crippen LogP contribution in [-0.2, 0) is 4.79 Å². The summed E-state index contributed by atoms with van der Waals surface area (Å²) < 4.78 is 22.9. The fourth-order valence-electron chi connectivity index (χ4n) is 2.69. The van der Waals surface area contributed by atoms with E-state index in [1.165, 1.54) is 25.8 Å². The molecule has 1 N–H and O–H groups in total. The molecule has 1 aromatic heterocycles. The molecular weight excluding hydrogens is 408 g/mol. The minimum Gasteiger partial charge on any atom is -0.497 e. The molecule has 0 unspecified atom stereocenters. The number of nitrogens with zero attached hydrogens (tertiary/aromatic N) is 3. The monoisotopic (exact) mass is 428 g/mol. The molecule has 0 spiro atoms. The van der Waals surface area contributed by atoms with Crippen LogP contribution < -0.4 is 18.9 Å². The molecule has 0 saturated carbocycles. The van der Waals surface area contributed by atoms with Gasteiger partial charge in [0.05, 0.1) is 27.5 Å². The lowest BCUT2D eigenvalue weighted by Crippen LogP contribution is -2.05. The summed E-state index contributed by atoms with van der Waals surface area (Å²) in [5, 5.41) is 11.4. The minimum atomic E-state index is -0.486. The second-order valence-corrected chi connectivity index (χ2v) is 6.38. The number of nitrogens with one attached hydrogen (secondary N) is 1. The van der Waals surface area contributed by atoms with E-state index in [1.54, 1.807) is 25.5 Å². The number of hydrogen-bond donors (Lipinski definition) is 1. The molecule has 3 rings (SSSR count). The molecule has 3 aromatic rings. The molecule has 9 nitrogen and oxygen atoms in total. The van der Waals surface area contributed by atoms with Crippen molar-refractivity contribution in [2.45, 2.75) is 6.92 Å². The van der Waals surface area contributed by atoms with Crippen LogP contribution in [0, 0.1) is 4.77 Å². The van der Waals surface area contributed by atoms with Crippen LogP contribution in [0.2, 0.25) is 0 Å². The maximum atomic E-state index is 11.4. The van der Waals surface area contributed by atoms with Gasteiger partial charge in [0.25, 0.3) is 0 Å². The van der Waals surface area contributed by atoms with Gasteiger partial charge in [-0.25, -0.2) is 5.10 Å². The minimum absolute atomic E-state index is 0.196. The van der Waals surface area contributed by atoms with Crippen LogP contribution in [0.3, 0.4) is 0 Å². The SMILES string of the molecule is COc1cccc(-c2n[nH]c(=S)n2/N=C/c2cc(OC)c(OC(C)=O)c(OC)c2)c1. The second-order valence-electron chi connectivity index (χ2n) is 5.99. The van der Waals surface area contributed by atoms with Gasteiger partial charge in [-0.15, -0.1) is 0 Å². The van der Waals surface area contributed by atoms with Crippen molar-refractivity contribution in [2.24, 2.45) is 5.10 Å². The van der Waals surface area contributed by atoms with Gasteiger partial charge in [0.1, 0.15) is 5.75 Å². The Bertz CT molecular complexity index is 1130. The number of H-pyrrole nitrogens is 1. The van der Waals surface area contributed by atoms with Crippen molar-refractivity contribution >= 4 is 24.4 Å². The molecule has 0 aliphatic heterocycles. The highest BCUT2D eigenvalue weighted by Gasteiger charge is 2.16. The molecule has 0 aliphatic carbocycles. The van der Waals surface area contributed by atoms with E-state index in [4.69, 9.17) is 31.2 Å². The first-order valence-corrected chi connectivity index (χ1v) is 9.18. The number of hydrogen-bond acceptors (Lipinski definition) is 8. The van der Waals surface area contributed by atoms with Gasteiger partial charge in [-0.2, -0.15) is 14.9 Å². The standard InChI is InChI=1S/C20H20N4O5S/c1-12(25)29-18-16(27-3)8-13(9-17(18)28-4)11-21-24-19(22-23-20(24)30)14-6-5-7-15(10-14)26-2/h5-11H,1-4H3,(H,23,30)/b21-11+. The second kappa shape index (κ2) is 9.23. The molecule has 0 aliphatic rings. The molecule has 10 heteroatoms. The van der Waals surface area contributed by atoms with E-state index in [2.05, 4.69) is 15.3 Å². The van der Waals surface area contributed by atoms with Crippen LogP contribution >= 0.6 is 12.2 Å². The first-order valence-electron chi connectivity index (χ1n) is 8.77. The molecule has 0 atom stereocenters. The molecule has 156 valence electrons. The van der Waals surface area contributed by atoms with Gasteiger partial charge in [0, 0.05) is 18.1 Å². The number of carbonyl (C=O) groups is 1. The lowest BCUT2D eigenvalue weighted by atomic mass is 10.2. The van der Waals surface area contributed by atoms with Gasteiger partial charge in [-0.3, -0.25) is 4.79 Å². The van der Waals surface area contributed by atoms with Gasteiger partial charge >= 0.3 is 5.97 Å². The Kier molecular flexibility index (Phi) is 6.48. The van der Waals surface area contributed by atoms with Crippen LogP contribution in [0.25, 0.3) is 11.4 Å². The van der Waals surface area contributed by atoms with Gasteiger partial charge < -0.3 is 18.9 Å². The Morgan fingerprint density at radius 3 is 2.43 bits per heavy atom. The van der Waals surface area contributed by atoms with E-state index < -0.39 is 5.97 Å². The zero-order valence-corrected chi connectivity index (χ0v) is 17.6.